The fraction of sp³-hybridized carbons (Fsp3) is 0.0182. The summed E-state index contributed by atoms with van der Waals surface area (Å²) in [7, 11) is 0. The van der Waals surface area contributed by atoms with Gasteiger partial charge in [0.1, 0.15) is 22.3 Å². The summed E-state index contributed by atoms with van der Waals surface area (Å²) in [6.07, 6.45) is 0. The average molecular weight is 742 g/mol. The lowest BCUT2D eigenvalue weighted by atomic mass is 9.68. The molecule has 2 heterocycles. The second-order valence-corrected chi connectivity index (χ2v) is 15.2. The highest BCUT2D eigenvalue weighted by molar-refractivity contribution is 6.12. The smallest absolute Gasteiger partial charge is 0.136 e. The molecule has 9 aromatic carbocycles. The van der Waals surface area contributed by atoms with E-state index in [9.17, 15) is 0 Å². The predicted octanol–water partition coefficient (Wildman–Crippen LogP) is 15.0. The molecule has 0 radical (unpaired) electrons. The molecule has 272 valence electrons. The van der Waals surface area contributed by atoms with E-state index in [1.165, 1.54) is 33.4 Å². The van der Waals surface area contributed by atoms with Gasteiger partial charge >= 0.3 is 0 Å². The number of furan rings is 2. The summed E-state index contributed by atoms with van der Waals surface area (Å²) >= 11 is 0. The molecule has 0 fully saturated rings. The molecular weight excluding hydrogens is 707 g/mol. The molecule has 1 aliphatic carbocycles. The first-order chi connectivity index (χ1) is 28.8. The molecule has 0 aliphatic heterocycles. The van der Waals surface area contributed by atoms with Gasteiger partial charge in [-0.05, 0) is 93.5 Å². The monoisotopic (exact) mass is 741 g/mol. The number of benzene rings is 9. The molecule has 1 aliphatic rings. The maximum Gasteiger partial charge on any atom is 0.136 e. The van der Waals surface area contributed by atoms with Gasteiger partial charge in [-0.25, -0.2) is 0 Å². The standard InChI is InChI=1S/C55H35NO2/c1-3-15-37(16-4-1)55(38-17-5-2-6-18-38)46-23-10-7-20-43(46)54-47(55)24-14-25-48(54)56(40-33-34-51-45(35-40)42-19-8-11-26-49(42)57-51)39-31-29-36(30-32-39)41-22-13-28-52-53(41)44-21-9-12-27-50(44)58-52/h1-35H. The minimum atomic E-state index is -0.517. The zero-order valence-corrected chi connectivity index (χ0v) is 31.5. The van der Waals surface area contributed by atoms with Gasteiger partial charge in [0.25, 0.3) is 0 Å². The van der Waals surface area contributed by atoms with Crippen molar-refractivity contribution in [1.82, 2.24) is 0 Å². The van der Waals surface area contributed by atoms with E-state index in [0.717, 1.165) is 72.1 Å². The van der Waals surface area contributed by atoms with Gasteiger partial charge in [0.05, 0.1) is 11.1 Å². The molecule has 3 nitrogen and oxygen atoms in total. The molecule has 3 heteroatoms. The zero-order valence-electron chi connectivity index (χ0n) is 31.5. The first-order valence-electron chi connectivity index (χ1n) is 19.8. The lowest BCUT2D eigenvalue weighted by Crippen LogP contribution is -2.28. The third kappa shape index (κ3) is 4.68. The van der Waals surface area contributed by atoms with Crippen LogP contribution in [0.15, 0.2) is 221 Å². The van der Waals surface area contributed by atoms with Gasteiger partial charge in [-0.2, -0.15) is 0 Å². The number of anilines is 3. The van der Waals surface area contributed by atoms with Gasteiger partial charge in [0.2, 0.25) is 0 Å². The van der Waals surface area contributed by atoms with Crippen LogP contribution in [0.5, 0.6) is 0 Å². The maximum absolute atomic E-state index is 6.34. The Balaban J connectivity index is 1.12. The molecule has 0 amide bonds. The van der Waals surface area contributed by atoms with Crippen LogP contribution in [-0.2, 0) is 5.41 Å². The van der Waals surface area contributed by atoms with Crippen molar-refractivity contribution >= 4 is 60.9 Å². The Morgan fingerprint density at radius 2 is 0.914 bits per heavy atom. The molecular formula is C55H35NO2. The van der Waals surface area contributed by atoms with Crippen LogP contribution in [0.4, 0.5) is 17.1 Å². The van der Waals surface area contributed by atoms with Crippen molar-refractivity contribution in [2.75, 3.05) is 4.90 Å². The minimum Gasteiger partial charge on any atom is -0.456 e. The van der Waals surface area contributed by atoms with Crippen LogP contribution in [0, 0.1) is 0 Å². The van der Waals surface area contributed by atoms with Gasteiger partial charge in [-0.1, -0.05) is 158 Å². The lowest BCUT2D eigenvalue weighted by Gasteiger charge is -2.34. The summed E-state index contributed by atoms with van der Waals surface area (Å²) in [5, 5.41) is 4.45. The summed E-state index contributed by atoms with van der Waals surface area (Å²) in [6.45, 7) is 0. The molecule has 0 atom stereocenters. The van der Waals surface area contributed by atoms with Crippen molar-refractivity contribution in [3.8, 4) is 22.3 Å². The zero-order chi connectivity index (χ0) is 38.2. The van der Waals surface area contributed by atoms with E-state index >= 15 is 0 Å². The van der Waals surface area contributed by atoms with Gasteiger partial charge in [0.15, 0.2) is 0 Å². The van der Waals surface area contributed by atoms with Crippen molar-refractivity contribution in [3.05, 3.63) is 235 Å². The van der Waals surface area contributed by atoms with E-state index < -0.39 is 5.41 Å². The van der Waals surface area contributed by atoms with Crippen LogP contribution in [0.2, 0.25) is 0 Å². The van der Waals surface area contributed by atoms with E-state index in [1.807, 2.05) is 24.3 Å². The SMILES string of the molecule is c1ccc(C2(c3ccccc3)c3ccccc3-c3c(N(c4ccc(-c5cccc6oc7ccccc7c56)cc4)c4ccc5oc6ccccc6c5c4)cccc32)cc1. The Hall–Kier alpha value is -7.62. The van der Waals surface area contributed by atoms with E-state index in [0.29, 0.717) is 0 Å². The van der Waals surface area contributed by atoms with Gasteiger partial charge < -0.3 is 13.7 Å². The second kappa shape index (κ2) is 12.7. The first-order valence-corrected chi connectivity index (χ1v) is 19.8. The Morgan fingerprint density at radius 1 is 0.362 bits per heavy atom. The Morgan fingerprint density at radius 3 is 1.69 bits per heavy atom. The van der Waals surface area contributed by atoms with Crippen molar-refractivity contribution in [2.45, 2.75) is 5.41 Å². The third-order valence-electron chi connectivity index (χ3n) is 12.2. The van der Waals surface area contributed by atoms with Crippen LogP contribution in [-0.4, -0.2) is 0 Å². The van der Waals surface area contributed by atoms with E-state index in [4.69, 9.17) is 8.83 Å². The van der Waals surface area contributed by atoms with Gasteiger partial charge in [0, 0.05) is 38.5 Å². The quantitative estimate of drug-likeness (QED) is 0.170. The van der Waals surface area contributed by atoms with Gasteiger partial charge in [-0.3, -0.25) is 0 Å². The predicted molar refractivity (Wildman–Crippen MR) is 238 cm³/mol. The molecule has 0 unspecified atom stereocenters. The Bertz CT molecular complexity index is 3300. The van der Waals surface area contributed by atoms with E-state index in [1.54, 1.807) is 0 Å². The van der Waals surface area contributed by atoms with E-state index in [2.05, 4.69) is 193 Å². The van der Waals surface area contributed by atoms with Crippen molar-refractivity contribution < 1.29 is 8.83 Å². The fourth-order valence-corrected chi connectivity index (χ4v) is 9.75. The maximum atomic E-state index is 6.34. The third-order valence-corrected chi connectivity index (χ3v) is 12.2. The molecule has 11 aromatic rings. The summed E-state index contributed by atoms with van der Waals surface area (Å²) in [5.41, 5.74) is 16.0. The topological polar surface area (TPSA) is 29.5 Å². The van der Waals surface area contributed by atoms with Crippen LogP contribution < -0.4 is 4.90 Å². The Labute approximate surface area is 335 Å². The fourth-order valence-electron chi connectivity index (χ4n) is 9.75. The van der Waals surface area contributed by atoms with Gasteiger partial charge in [-0.15, -0.1) is 0 Å². The number of fused-ring (bicyclic) bond motifs is 9. The minimum absolute atomic E-state index is 0.517. The average Bonchev–Trinajstić information content (AvgIpc) is 3.96. The number of rotatable bonds is 6. The van der Waals surface area contributed by atoms with Crippen molar-refractivity contribution in [1.29, 1.82) is 0 Å². The molecule has 2 aromatic heterocycles. The number of nitrogens with zero attached hydrogens (tertiary/aromatic N) is 1. The van der Waals surface area contributed by atoms with Crippen LogP contribution in [0.25, 0.3) is 66.1 Å². The number of hydrogen-bond acceptors (Lipinski definition) is 3. The van der Waals surface area contributed by atoms with Crippen LogP contribution >= 0.6 is 0 Å². The lowest BCUT2D eigenvalue weighted by molar-refractivity contribution is 0.668. The molecule has 0 saturated carbocycles. The van der Waals surface area contributed by atoms with Crippen LogP contribution in [0.3, 0.4) is 0 Å². The number of hydrogen-bond donors (Lipinski definition) is 0. The summed E-state index contributed by atoms with van der Waals surface area (Å²) in [4.78, 5) is 2.43. The largest absolute Gasteiger partial charge is 0.456 e. The summed E-state index contributed by atoms with van der Waals surface area (Å²) in [6, 6.07) is 76.4. The highest BCUT2D eigenvalue weighted by Gasteiger charge is 2.47. The molecule has 0 bridgehead atoms. The van der Waals surface area contributed by atoms with E-state index in [-0.39, 0.29) is 0 Å². The molecule has 0 spiro atoms. The summed E-state index contributed by atoms with van der Waals surface area (Å²) in [5.74, 6) is 0. The normalized spacial score (nSPS) is 13.0. The van der Waals surface area contributed by atoms with Crippen molar-refractivity contribution in [2.24, 2.45) is 0 Å². The highest BCUT2D eigenvalue weighted by Crippen LogP contribution is 2.59. The number of para-hydroxylation sites is 2. The molecule has 58 heavy (non-hydrogen) atoms. The molecule has 0 N–H and O–H groups in total. The van der Waals surface area contributed by atoms with Crippen molar-refractivity contribution in [3.63, 3.8) is 0 Å². The first kappa shape index (κ1) is 32.6. The molecule has 0 saturated heterocycles. The highest BCUT2D eigenvalue weighted by atomic mass is 16.3. The summed E-state index contributed by atoms with van der Waals surface area (Å²) < 4.78 is 12.6. The van der Waals surface area contributed by atoms with Crippen LogP contribution in [0.1, 0.15) is 22.3 Å². The Kier molecular flexibility index (Phi) is 7.14. The molecule has 12 rings (SSSR count). The second-order valence-electron chi connectivity index (χ2n) is 15.2.